The van der Waals surface area contributed by atoms with Crippen molar-refractivity contribution in [3.63, 3.8) is 0 Å². The number of hydrogen-bond donors (Lipinski definition) is 0. The molecule has 0 aromatic heterocycles. The molecule has 0 spiro atoms. The monoisotopic (exact) mass is 266 g/mol. The van der Waals surface area contributed by atoms with Gasteiger partial charge in [0.2, 0.25) is 5.82 Å². The van der Waals surface area contributed by atoms with Crippen molar-refractivity contribution in [2.24, 2.45) is 0 Å². The highest BCUT2D eigenvalue weighted by atomic mass is 19.2. The molecule has 18 heavy (non-hydrogen) atoms. The molecule has 1 rings (SSSR count). The Morgan fingerprint density at radius 1 is 1.00 bits per heavy atom. The smallest absolute Gasteiger partial charge is 0.344 e. The number of benzene rings is 1. The lowest BCUT2D eigenvalue weighted by atomic mass is 10.1. The third kappa shape index (κ3) is 2.49. The minimum atomic E-state index is -2.32. The summed E-state index contributed by atoms with van der Waals surface area (Å²) in [7, 11) is 0. The van der Waals surface area contributed by atoms with Gasteiger partial charge in [-0.25, -0.2) is 26.7 Å². The number of carbonyl (C=O) groups is 1. The van der Waals surface area contributed by atoms with Crippen molar-refractivity contribution in [3.8, 4) is 0 Å². The van der Waals surface area contributed by atoms with E-state index in [9.17, 15) is 26.7 Å². The van der Waals surface area contributed by atoms with Crippen LogP contribution >= 0.6 is 0 Å². The number of ether oxygens (including phenoxy) is 1. The van der Waals surface area contributed by atoms with Crippen LogP contribution in [0, 0.1) is 29.1 Å². The third-order valence-corrected chi connectivity index (χ3v) is 1.96. The maximum absolute atomic E-state index is 13.1. The molecule has 1 aromatic rings. The zero-order chi connectivity index (χ0) is 13.9. The molecule has 0 atom stereocenters. The molecule has 0 heterocycles. The van der Waals surface area contributed by atoms with E-state index < -0.39 is 40.6 Å². The van der Waals surface area contributed by atoms with E-state index >= 15 is 0 Å². The predicted molar refractivity (Wildman–Crippen MR) is 51.3 cm³/mol. The standard InChI is InChI=1S/C11H7F5O2/c1-2-3-4-18-11(17)5-6(12)8(14)10(16)9(15)7(5)13/h2-3H,4H2,1H3/b3-2+. The summed E-state index contributed by atoms with van der Waals surface area (Å²) < 4.78 is 68.8. The van der Waals surface area contributed by atoms with Crippen LogP contribution in [0.5, 0.6) is 0 Å². The van der Waals surface area contributed by atoms with E-state index in [0.717, 1.165) is 0 Å². The van der Waals surface area contributed by atoms with Gasteiger partial charge in [-0.15, -0.1) is 0 Å². The van der Waals surface area contributed by atoms with Crippen LogP contribution in [0.15, 0.2) is 12.2 Å². The van der Waals surface area contributed by atoms with Crippen LogP contribution in [0.3, 0.4) is 0 Å². The maximum atomic E-state index is 13.1. The Morgan fingerprint density at radius 2 is 1.44 bits per heavy atom. The predicted octanol–water partition coefficient (Wildman–Crippen LogP) is 3.12. The van der Waals surface area contributed by atoms with Gasteiger partial charge >= 0.3 is 5.97 Å². The van der Waals surface area contributed by atoms with Crippen LogP contribution in [0.1, 0.15) is 17.3 Å². The first kappa shape index (κ1) is 14.1. The van der Waals surface area contributed by atoms with E-state index in [-0.39, 0.29) is 6.61 Å². The van der Waals surface area contributed by atoms with Crippen LogP contribution in [0.4, 0.5) is 22.0 Å². The number of esters is 1. The van der Waals surface area contributed by atoms with Crippen molar-refractivity contribution in [2.45, 2.75) is 6.92 Å². The summed E-state index contributed by atoms with van der Waals surface area (Å²) in [6, 6.07) is 0. The lowest BCUT2D eigenvalue weighted by Gasteiger charge is -2.07. The molecule has 0 radical (unpaired) electrons. The largest absolute Gasteiger partial charge is 0.458 e. The fourth-order valence-corrected chi connectivity index (χ4v) is 1.08. The Hall–Kier alpha value is -1.92. The van der Waals surface area contributed by atoms with Gasteiger partial charge in [-0.2, -0.15) is 0 Å². The Kier molecular flexibility index (Phi) is 4.41. The van der Waals surface area contributed by atoms with E-state index in [0.29, 0.717) is 0 Å². The first-order chi connectivity index (χ1) is 8.41. The quantitative estimate of drug-likeness (QED) is 0.276. The lowest BCUT2D eigenvalue weighted by molar-refractivity contribution is 0.0534. The Morgan fingerprint density at radius 3 is 1.89 bits per heavy atom. The molecule has 7 heteroatoms. The summed E-state index contributed by atoms with van der Waals surface area (Å²) in [6.07, 6.45) is 2.80. The van der Waals surface area contributed by atoms with Gasteiger partial charge in [-0.1, -0.05) is 12.2 Å². The Labute approximate surface area is 98.7 Å². The van der Waals surface area contributed by atoms with Gasteiger partial charge in [0.15, 0.2) is 23.3 Å². The van der Waals surface area contributed by atoms with Crippen LogP contribution in [0.25, 0.3) is 0 Å². The second kappa shape index (κ2) is 5.61. The number of halogens is 5. The first-order valence-electron chi connectivity index (χ1n) is 4.71. The SMILES string of the molecule is C/C=C/COC(=O)c1c(F)c(F)c(F)c(F)c1F. The van der Waals surface area contributed by atoms with Gasteiger partial charge in [0, 0.05) is 0 Å². The van der Waals surface area contributed by atoms with Gasteiger partial charge in [-0.05, 0) is 6.92 Å². The summed E-state index contributed by atoms with van der Waals surface area (Å²) in [4.78, 5) is 11.2. The van der Waals surface area contributed by atoms with Crippen molar-refractivity contribution in [1.82, 2.24) is 0 Å². The molecule has 0 aliphatic heterocycles. The summed E-state index contributed by atoms with van der Waals surface area (Å²) in [5, 5.41) is 0. The highest BCUT2D eigenvalue weighted by Crippen LogP contribution is 2.23. The van der Waals surface area contributed by atoms with Crippen LogP contribution < -0.4 is 0 Å². The van der Waals surface area contributed by atoms with Crippen molar-refractivity contribution in [2.75, 3.05) is 6.61 Å². The van der Waals surface area contributed by atoms with Crippen molar-refractivity contribution < 1.29 is 31.5 Å². The lowest BCUT2D eigenvalue weighted by Crippen LogP contribution is -2.15. The average Bonchev–Trinajstić information content (AvgIpc) is 2.34. The number of allylic oxidation sites excluding steroid dienone is 1. The third-order valence-electron chi connectivity index (χ3n) is 1.96. The molecule has 0 aliphatic carbocycles. The number of rotatable bonds is 3. The number of carbonyl (C=O) groups excluding carboxylic acids is 1. The van der Waals surface area contributed by atoms with Crippen LogP contribution in [0.2, 0.25) is 0 Å². The van der Waals surface area contributed by atoms with E-state index in [1.807, 2.05) is 0 Å². The summed E-state index contributed by atoms with van der Waals surface area (Å²) in [5.74, 6) is -12.7. The molecule has 0 unspecified atom stereocenters. The maximum Gasteiger partial charge on any atom is 0.344 e. The molecule has 0 amide bonds. The molecule has 98 valence electrons. The van der Waals surface area contributed by atoms with Gasteiger partial charge in [0.1, 0.15) is 12.2 Å². The van der Waals surface area contributed by atoms with E-state index in [4.69, 9.17) is 0 Å². The van der Waals surface area contributed by atoms with Gasteiger partial charge in [0.25, 0.3) is 0 Å². The molecule has 0 fully saturated rings. The zero-order valence-electron chi connectivity index (χ0n) is 9.07. The zero-order valence-corrected chi connectivity index (χ0v) is 9.07. The van der Waals surface area contributed by atoms with Gasteiger partial charge in [0.05, 0.1) is 0 Å². The minimum Gasteiger partial charge on any atom is -0.458 e. The van der Waals surface area contributed by atoms with Gasteiger partial charge < -0.3 is 4.74 Å². The molecule has 0 bridgehead atoms. The molecule has 0 N–H and O–H groups in total. The van der Waals surface area contributed by atoms with Gasteiger partial charge in [-0.3, -0.25) is 0 Å². The first-order valence-corrected chi connectivity index (χ1v) is 4.71. The topological polar surface area (TPSA) is 26.3 Å². The highest BCUT2D eigenvalue weighted by Gasteiger charge is 2.30. The Bertz CT molecular complexity index is 482. The average molecular weight is 266 g/mol. The molecular weight excluding hydrogens is 259 g/mol. The Balaban J connectivity index is 3.20. The molecule has 2 nitrogen and oxygen atoms in total. The van der Waals surface area contributed by atoms with E-state index in [1.54, 1.807) is 6.92 Å². The normalized spacial score (nSPS) is 11.0. The molecule has 0 saturated heterocycles. The molecular formula is C11H7F5O2. The summed E-state index contributed by atoms with van der Waals surface area (Å²) >= 11 is 0. The molecule has 1 aromatic carbocycles. The van der Waals surface area contributed by atoms with Crippen LogP contribution in [-0.2, 0) is 4.74 Å². The van der Waals surface area contributed by atoms with E-state index in [2.05, 4.69) is 4.74 Å². The fourth-order valence-electron chi connectivity index (χ4n) is 1.08. The van der Waals surface area contributed by atoms with Crippen molar-refractivity contribution in [3.05, 3.63) is 46.8 Å². The number of hydrogen-bond acceptors (Lipinski definition) is 2. The summed E-state index contributed by atoms with van der Waals surface area (Å²) in [5.41, 5.74) is -1.60. The van der Waals surface area contributed by atoms with E-state index in [1.165, 1.54) is 12.2 Å². The summed E-state index contributed by atoms with van der Waals surface area (Å²) in [6.45, 7) is 1.25. The second-order valence-corrected chi connectivity index (χ2v) is 3.11. The second-order valence-electron chi connectivity index (χ2n) is 3.11. The fraction of sp³-hybridized carbons (Fsp3) is 0.182. The van der Waals surface area contributed by atoms with Crippen molar-refractivity contribution in [1.29, 1.82) is 0 Å². The minimum absolute atomic E-state index is 0.338. The van der Waals surface area contributed by atoms with Crippen LogP contribution in [-0.4, -0.2) is 12.6 Å². The molecule has 0 saturated carbocycles. The molecule has 0 aliphatic rings. The van der Waals surface area contributed by atoms with Crippen molar-refractivity contribution >= 4 is 5.97 Å². The highest BCUT2D eigenvalue weighted by molar-refractivity contribution is 5.90.